The summed E-state index contributed by atoms with van der Waals surface area (Å²) in [6.45, 7) is 4.66. The number of benzene rings is 2. The fourth-order valence-corrected chi connectivity index (χ4v) is 4.96. The minimum atomic E-state index is -0.141. The number of ether oxygens (including phenoxy) is 2. The predicted octanol–water partition coefficient (Wildman–Crippen LogP) is 4.96. The van der Waals surface area contributed by atoms with Gasteiger partial charge in [0.15, 0.2) is 0 Å². The van der Waals surface area contributed by atoms with Crippen LogP contribution in [0.25, 0.3) is 0 Å². The molecule has 2 aliphatic heterocycles. The van der Waals surface area contributed by atoms with Crippen LogP contribution < -0.4 is 20.5 Å². The van der Waals surface area contributed by atoms with E-state index >= 15 is 0 Å². The van der Waals surface area contributed by atoms with Crippen molar-refractivity contribution in [3.63, 3.8) is 0 Å². The smallest absolute Gasteiger partial charge is 0.249 e. The molecule has 36 heavy (non-hydrogen) atoms. The number of hydrogen-bond acceptors (Lipinski definition) is 6. The SMILES string of the molecule is Cc1cccc(CNc2ccc3c(c2)Cc2cccc(C4CN(c5cc[nH]c(=O)c5)CCO4)c2O3)n1. The quantitative estimate of drug-likeness (QED) is 0.370. The summed E-state index contributed by atoms with van der Waals surface area (Å²) in [6, 6.07) is 22.1. The summed E-state index contributed by atoms with van der Waals surface area (Å²) in [5.74, 6) is 1.75. The lowest BCUT2D eigenvalue weighted by Crippen LogP contribution is -2.39. The normalized spacial score (nSPS) is 16.6. The molecule has 2 aromatic carbocycles. The molecule has 0 spiro atoms. The summed E-state index contributed by atoms with van der Waals surface area (Å²) >= 11 is 0. The number of H-pyrrole nitrogens is 1. The van der Waals surface area contributed by atoms with E-state index in [0.29, 0.717) is 19.7 Å². The molecule has 0 bridgehead atoms. The van der Waals surface area contributed by atoms with Gasteiger partial charge in [-0.05, 0) is 48.9 Å². The highest BCUT2D eigenvalue weighted by atomic mass is 16.5. The highest BCUT2D eigenvalue weighted by molar-refractivity contribution is 5.59. The van der Waals surface area contributed by atoms with Crippen molar-refractivity contribution in [3.05, 3.63) is 111 Å². The maximum Gasteiger partial charge on any atom is 0.249 e. The maximum atomic E-state index is 11.8. The first-order chi connectivity index (χ1) is 17.6. The third kappa shape index (κ3) is 4.57. The van der Waals surface area contributed by atoms with Crippen molar-refractivity contribution < 1.29 is 9.47 Å². The van der Waals surface area contributed by atoms with E-state index in [4.69, 9.17) is 9.47 Å². The number of pyridine rings is 2. The third-order valence-corrected chi connectivity index (χ3v) is 6.74. The molecule has 4 heterocycles. The number of aryl methyl sites for hydroxylation is 1. The van der Waals surface area contributed by atoms with Crippen LogP contribution in [0, 0.1) is 6.92 Å². The van der Waals surface area contributed by atoms with Gasteiger partial charge >= 0.3 is 0 Å². The van der Waals surface area contributed by atoms with Gasteiger partial charge in [0.2, 0.25) is 5.56 Å². The molecule has 2 aromatic heterocycles. The van der Waals surface area contributed by atoms with Crippen molar-refractivity contribution in [1.29, 1.82) is 0 Å². The Balaban J connectivity index is 1.20. The molecule has 0 radical (unpaired) electrons. The fraction of sp³-hybridized carbons (Fsp3) is 0.241. The van der Waals surface area contributed by atoms with Gasteiger partial charge < -0.3 is 24.7 Å². The van der Waals surface area contributed by atoms with Gasteiger partial charge in [0, 0.05) is 60.0 Å². The lowest BCUT2D eigenvalue weighted by atomic mass is 9.95. The minimum absolute atomic E-state index is 0.100. The van der Waals surface area contributed by atoms with Gasteiger partial charge in [-0.15, -0.1) is 0 Å². The maximum absolute atomic E-state index is 11.8. The molecule has 2 N–H and O–H groups in total. The Morgan fingerprint density at radius 2 is 2.00 bits per heavy atom. The zero-order valence-corrected chi connectivity index (χ0v) is 20.2. The lowest BCUT2D eigenvalue weighted by molar-refractivity contribution is 0.0384. The van der Waals surface area contributed by atoms with Crippen LogP contribution in [0.5, 0.6) is 11.5 Å². The molecule has 7 heteroatoms. The van der Waals surface area contributed by atoms with Crippen LogP contribution in [-0.2, 0) is 17.7 Å². The largest absolute Gasteiger partial charge is 0.456 e. The summed E-state index contributed by atoms with van der Waals surface area (Å²) in [6.07, 6.45) is 2.34. The van der Waals surface area contributed by atoms with E-state index in [0.717, 1.165) is 63.9 Å². The summed E-state index contributed by atoms with van der Waals surface area (Å²) in [7, 11) is 0. The van der Waals surface area contributed by atoms with E-state index in [1.165, 1.54) is 0 Å². The first-order valence-electron chi connectivity index (χ1n) is 12.3. The molecular formula is C29H28N4O3. The molecule has 0 aliphatic carbocycles. The number of morpholine rings is 1. The number of para-hydroxylation sites is 1. The van der Waals surface area contributed by atoms with Crippen molar-refractivity contribution in [2.75, 3.05) is 29.9 Å². The summed E-state index contributed by atoms with van der Waals surface area (Å²) in [4.78, 5) is 21.3. The molecule has 1 unspecified atom stereocenters. The van der Waals surface area contributed by atoms with Crippen LogP contribution in [-0.4, -0.2) is 29.7 Å². The first-order valence-corrected chi connectivity index (χ1v) is 12.3. The van der Waals surface area contributed by atoms with Crippen molar-refractivity contribution in [1.82, 2.24) is 9.97 Å². The summed E-state index contributed by atoms with van der Waals surface area (Å²) < 4.78 is 12.6. The number of hydrogen-bond donors (Lipinski definition) is 2. The average Bonchev–Trinajstić information content (AvgIpc) is 2.90. The second-order valence-electron chi connectivity index (χ2n) is 9.28. The van der Waals surface area contributed by atoms with E-state index in [-0.39, 0.29) is 11.7 Å². The zero-order chi connectivity index (χ0) is 24.5. The van der Waals surface area contributed by atoms with E-state index < -0.39 is 0 Å². The Morgan fingerprint density at radius 1 is 1.08 bits per heavy atom. The molecule has 0 saturated carbocycles. The van der Waals surface area contributed by atoms with Gasteiger partial charge in [-0.1, -0.05) is 24.3 Å². The number of anilines is 2. The molecule has 1 atom stereocenters. The van der Waals surface area contributed by atoms with Crippen LogP contribution in [0.15, 0.2) is 77.7 Å². The molecule has 7 nitrogen and oxygen atoms in total. The van der Waals surface area contributed by atoms with Gasteiger partial charge in [0.25, 0.3) is 0 Å². The van der Waals surface area contributed by atoms with Crippen LogP contribution in [0.3, 0.4) is 0 Å². The number of aromatic nitrogens is 2. The molecule has 2 aliphatic rings. The number of fused-ring (bicyclic) bond motifs is 2. The molecule has 182 valence electrons. The molecule has 6 rings (SSSR count). The van der Waals surface area contributed by atoms with Gasteiger partial charge in [-0.2, -0.15) is 0 Å². The van der Waals surface area contributed by atoms with Crippen LogP contribution in [0.1, 0.15) is 34.2 Å². The topological polar surface area (TPSA) is 79.5 Å². The Kier molecular flexibility index (Phi) is 5.91. The zero-order valence-electron chi connectivity index (χ0n) is 20.2. The highest BCUT2D eigenvalue weighted by Crippen LogP contribution is 2.43. The predicted molar refractivity (Wildman–Crippen MR) is 140 cm³/mol. The molecule has 4 aromatic rings. The molecule has 1 saturated heterocycles. The summed E-state index contributed by atoms with van der Waals surface area (Å²) in [5.41, 5.74) is 7.22. The van der Waals surface area contributed by atoms with E-state index in [1.54, 1.807) is 12.3 Å². The van der Waals surface area contributed by atoms with Crippen molar-refractivity contribution >= 4 is 11.4 Å². The number of nitrogens with one attached hydrogen (secondary N) is 2. The number of aromatic amines is 1. The first kappa shape index (κ1) is 22.4. The second kappa shape index (κ2) is 9.51. The van der Waals surface area contributed by atoms with Gasteiger partial charge in [0.1, 0.15) is 17.6 Å². The van der Waals surface area contributed by atoms with Crippen LogP contribution in [0.4, 0.5) is 11.4 Å². The van der Waals surface area contributed by atoms with Crippen molar-refractivity contribution in [3.8, 4) is 11.5 Å². The molecule has 0 amide bonds. The molecular weight excluding hydrogens is 452 g/mol. The van der Waals surface area contributed by atoms with Crippen LogP contribution in [0.2, 0.25) is 0 Å². The minimum Gasteiger partial charge on any atom is -0.456 e. The Labute approximate surface area is 209 Å². The van der Waals surface area contributed by atoms with Crippen molar-refractivity contribution in [2.45, 2.75) is 26.0 Å². The Morgan fingerprint density at radius 3 is 2.89 bits per heavy atom. The third-order valence-electron chi connectivity index (χ3n) is 6.74. The second-order valence-corrected chi connectivity index (χ2v) is 9.28. The standard InChI is InChI=1S/C29H28N4O3/c1-19-4-2-6-23(32-19)17-31-22-8-9-26-21(15-22)14-20-5-3-7-25(29(20)36-26)27-18-33(12-13-35-27)24-10-11-30-28(34)16-24/h2-11,15-16,27,31H,12-14,17-18H2,1H3,(H,30,34). The van der Waals surface area contributed by atoms with Crippen molar-refractivity contribution in [2.24, 2.45) is 0 Å². The average molecular weight is 481 g/mol. The van der Waals surface area contributed by atoms with E-state index in [2.05, 4.69) is 44.5 Å². The van der Waals surface area contributed by atoms with Gasteiger partial charge in [-0.25, -0.2) is 0 Å². The van der Waals surface area contributed by atoms with Gasteiger partial charge in [0.05, 0.1) is 18.8 Å². The number of rotatable bonds is 5. The monoisotopic (exact) mass is 480 g/mol. The van der Waals surface area contributed by atoms with E-state index in [9.17, 15) is 4.79 Å². The Hall–Kier alpha value is -4.10. The highest BCUT2D eigenvalue weighted by Gasteiger charge is 2.28. The summed E-state index contributed by atoms with van der Waals surface area (Å²) in [5, 5.41) is 3.48. The fourth-order valence-electron chi connectivity index (χ4n) is 4.96. The van der Waals surface area contributed by atoms with E-state index in [1.807, 2.05) is 43.3 Å². The number of nitrogens with zero attached hydrogens (tertiary/aromatic N) is 2. The molecule has 1 fully saturated rings. The van der Waals surface area contributed by atoms with Gasteiger partial charge in [-0.3, -0.25) is 9.78 Å². The van der Waals surface area contributed by atoms with Crippen LogP contribution >= 0.6 is 0 Å². The lowest BCUT2D eigenvalue weighted by Gasteiger charge is -2.36. The Bertz CT molecular complexity index is 1470.